The molecule has 31 heavy (non-hydrogen) atoms. The second-order valence-electron chi connectivity index (χ2n) is 8.29. The van der Waals surface area contributed by atoms with Crippen LogP contribution >= 0.6 is 11.6 Å². The third-order valence-corrected chi connectivity index (χ3v) is 5.09. The molecule has 2 amide bonds. The standard InChI is InChI=1S/C23H21ClFN3O3/c1-23(2,3)31-22(30)28-11-9-16-19(21(28)29)18(13-4-6-15(25)7-5-13)20(27-16)14-8-10-26-17(24)12-14/h4-8,10,12,27H,9,11H2,1-3H3. The smallest absolute Gasteiger partial charge is 0.417 e. The Morgan fingerprint density at radius 3 is 2.52 bits per heavy atom. The highest BCUT2D eigenvalue weighted by atomic mass is 35.5. The summed E-state index contributed by atoms with van der Waals surface area (Å²) in [5.74, 6) is -0.846. The summed E-state index contributed by atoms with van der Waals surface area (Å²) in [6.45, 7) is 5.43. The maximum Gasteiger partial charge on any atom is 0.417 e. The first-order chi connectivity index (χ1) is 14.6. The van der Waals surface area contributed by atoms with Gasteiger partial charge in [0.15, 0.2) is 0 Å². The molecule has 3 aromatic rings. The second kappa shape index (κ2) is 7.81. The topological polar surface area (TPSA) is 75.3 Å². The molecule has 0 atom stereocenters. The number of hydrogen-bond donors (Lipinski definition) is 1. The summed E-state index contributed by atoms with van der Waals surface area (Å²) in [6.07, 6.45) is 1.32. The van der Waals surface area contributed by atoms with Gasteiger partial charge in [0, 0.05) is 36.0 Å². The van der Waals surface area contributed by atoms with Gasteiger partial charge in [-0.1, -0.05) is 23.7 Å². The number of rotatable bonds is 2. The van der Waals surface area contributed by atoms with Crippen LogP contribution in [0.25, 0.3) is 22.4 Å². The van der Waals surface area contributed by atoms with Crippen molar-refractivity contribution >= 4 is 23.6 Å². The molecule has 1 aliphatic heterocycles. The number of aromatic amines is 1. The molecule has 0 saturated carbocycles. The zero-order valence-corrected chi connectivity index (χ0v) is 18.1. The predicted octanol–water partition coefficient (Wildman–Crippen LogP) is 5.47. The highest BCUT2D eigenvalue weighted by molar-refractivity contribution is 6.29. The summed E-state index contributed by atoms with van der Waals surface area (Å²) < 4.78 is 19.0. The lowest BCUT2D eigenvalue weighted by molar-refractivity contribution is 0.0233. The molecule has 8 heteroatoms. The fourth-order valence-corrected chi connectivity index (χ4v) is 3.78. The van der Waals surface area contributed by atoms with E-state index < -0.39 is 17.6 Å². The number of H-pyrrole nitrogens is 1. The van der Waals surface area contributed by atoms with Crippen LogP contribution in [-0.2, 0) is 11.2 Å². The first-order valence-corrected chi connectivity index (χ1v) is 10.2. The molecular formula is C23H21ClFN3O3. The molecule has 0 bridgehead atoms. The molecule has 0 saturated heterocycles. The Kier molecular flexibility index (Phi) is 5.31. The average molecular weight is 442 g/mol. The summed E-state index contributed by atoms with van der Waals surface area (Å²) in [6, 6.07) is 9.32. The first kappa shape index (κ1) is 21.1. The van der Waals surface area contributed by atoms with Crippen LogP contribution in [0.15, 0.2) is 42.6 Å². The van der Waals surface area contributed by atoms with Crippen LogP contribution in [0, 0.1) is 5.82 Å². The molecule has 0 aliphatic carbocycles. The first-order valence-electron chi connectivity index (χ1n) is 9.81. The van der Waals surface area contributed by atoms with E-state index in [9.17, 15) is 14.0 Å². The number of carbonyl (C=O) groups is 2. The van der Waals surface area contributed by atoms with Gasteiger partial charge in [-0.25, -0.2) is 19.1 Å². The number of amides is 2. The van der Waals surface area contributed by atoms with E-state index in [1.54, 1.807) is 51.2 Å². The lowest BCUT2D eigenvalue weighted by Crippen LogP contribution is -2.44. The van der Waals surface area contributed by atoms with Crippen molar-refractivity contribution in [2.45, 2.75) is 32.8 Å². The van der Waals surface area contributed by atoms with Crippen molar-refractivity contribution in [3.63, 3.8) is 0 Å². The molecule has 1 aliphatic rings. The number of halogens is 2. The molecule has 3 heterocycles. The Hall–Kier alpha value is -3.19. The van der Waals surface area contributed by atoms with Gasteiger partial charge in [-0.3, -0.25) is 4.79 Å². The van der Waals surface area contributed by atoms with Gasteiger partial charge in [0.05, 0.1) is 11.3 Å². The van der Waals surface area contributed by atoms with E-state index in [0.717, 1.165) is 10.5 Å². The largest absolute Gasteiger partial charge is 0.443 e. The number of pyridine rings is 1. The van der Waals surface area contributed by atoms with Crippen LogP contribution in [0.2, 0.25) is 5.15 Å². The molecule has 0 spiro atoms. The monoisotopic (exact) mass is 441 g/mol. The Morgan fingerprint density at radius 1 is 1.16 bits per heavy atom. The molecule has 1 aromatic carbocycles. The lowest BCUT2D eigenvalue weighted by Gasteiger charge is -2.29. The van der Waals surface area contributed by atoms with Crippen molar-refractivity contribution in [3.8, 4) is 22.4 Å². The molecule has 1 N–H and O–H groups in total. The maximum absolute atomic E-state index is 13.6. The molecule has 0 radical (unpaired) electrons. The molecule has 0 fully saturated rings. The number of nitrogens with zero attached hydrogens (tertiary/aromatic N) is 2. The van der Waals surface area contributed by atoms with Crippen LogP contribution in [0.4, 0.5) is 9.18 Å². The van der Waals surface area contributed by atoms with Crippen LogP contribution in [0.1, 0.15) is 36.8 Å². The lowest BCUT2D eigenvalue weighted by atomic mass is 9.94. The third-order valence-electron chi connectivity index (χ3n) is 4.88. The van der Waals surface area contributed by atoms with Gasteiger partial charge in [0.25, 0.3) is 5.91 Å². The minimum atomic E-state index is -0.728. The second-order valence-corrected chi connectivity index (χ2v) is 8.68. The van der Waals surface area contributed by atoms with Crippen molar-refractivity contribution < 1.29 is 18.7 Å². The molecule has 160 valence electrons. The number of benzene rings is 1. The molecule has 2 aromatic heterocycles. The van der Waals surface area contributed by atoms with Gasteiger partial charge >= 0.3 is 6.09 Å². The zero-order chi connectivity index (χ0) is 22.3. The number of fused-ring (bicyclic) bond motifs is 1. The van der Waals surface area contributed by atoms with Gasteiger partial charge in [0.1, 0.15) is 16.6 Å². The van der Waals surface area contributed by atoms with Crippen LogP contribution < -0.4 is 0 Å². The number of carbonyl (C=O) groups excluding carboxylic acids is 2. The fourth-order valence-electron chi connectivity index (χ4n) is 3.61. The number of nitrogens with one attached hydrogen (secondary N) is 1. The minimum Gasteiger partial charge on any atom is -0.443 e. The molecular weight excluding hydrogens is 421 g/mol. The van der Waals surface area contributed by atoms with E-state index in [1.807, 2.05) is 0 Å². The van der Waals surface area contributed by atoms with Gasteiger partial charge in [-0.2, -0.15) is 0 Å². The van der Waals surface area contributed by atoms with Gasteiger partial charge < -0.3 is 9.72 Å². The highest BCUT2D eigenvalue weighted by Gasteiger charge is 2.36. The number of ether oxygens (including phenoxy) is 1. The molecule has 4 rings (SSSR count). The van der Waals surface area contributed by atoms with Crippen molar-refractivity contribution in [3.05, 3.63) is 64.8 Å². The van der Waals surface area contributed by atoms with E-state index in [1.165, 1.54) is 12.1 Å². The Morgan fingerprint density at radius 2 is 1.87 bits per heavy atom. The summed E-state index contributed by atoms with van der Waals surface area (Å²) in [4.78, 5) is 34.5. The van der Waals surface area contributed by atoms with Gasteiger partial charge in [0.2, 0.25) is 0 Å². The average Bonchev–Trinajstić information content (AvgIpc) is 3.08. The maximum atomic E-state index is 13.6. The number of hydrogen-bond acceptors (Lipinski definition) is 4. The van der Waals surface area contributed by atoms with Crippen molar-refractivity contribution in [1.29, 1.82) is 0 Å². The number of imide groups is 1. The summed E-state index contributed by atoms with van der Waals surface area (Å²) in [5.41, 5.74) is 2.94. The van der Waals surface area contributed by atoms with Crippen molar-refractivity contribution in [2.24, 2.45) is 0 Å². The quantitative estimate of drug-likeness (QED) is 0.535. The normalized spacial score (nSPS) is 13.8. The third kappa shape index (κ3) is 4.18. The molecule has 0 unspecified atom stereocenters. The Balaban J connectivity index is 1.86. The summed E-state index contributed by atoms with van der Waals surface area (Å²) in [7, 11) is 0. The summed E-state index contributed by atoms with van der Waals surface area (Å²) in [5, 5.41) is 0.303. The Bertz CT molecular complexity index is 1170. The van der Waals surface area contributed by atoms with E-state index in [2.05, 4.69) is 9.97 Å². The zero-order valence-electron chi connectivity index (χ0n) is 17.3. The van der Waals surface area contributed by atoms with Crippen molar-refractivity contribution in [1.82, 2.24) is 14.9 Å². The number of aromatic nitrogens is 2. The minimum absolute atomic E-state index is 0.195. The van der Waals surface area contributed by atoms with Crippen LogP contribution in [0.3, 0.4) is 0 Å². The van der Waals surface area contributed by atoms with Crippen LogP contribution in [0.5, 0.6) is 0 Å². The van der Waals surface area contributed by atoms with Gasteiger partial charge in [-0.05, 0) is 50.6 Å². The van der Waals surface area contributed by atoms with E-state index in [4.69, 9.17) is 16.3 Å². The highest BCUT2D eigenvalue weighted by Crippen LogP contribution is 2.39. The van der Waals surface area contributed by atoms with Crippen molar-refractivity contribution in [2.75, 3.05) is 6.54 Å². The van der Waals surface area contributed by atoms with E-state index in [0.29, 0.717) is 39.7 Å². The van der Waals surface area contributed by atoms with Gasteiger partial charge in [-0.15, -0.1) is 0 Å². The predicted molar refractivity (Wildman–Crippen MR) is 115 cm³/mol. The Labute approximate surface area is 184 Å². The SMILES string of the molecule is CC(C)(C)OC(=O)N1CCc2[nH]c(-c3ccnc(Cl)c3)c(-c3ccc(F)cc3)c2C1=O. The summed E-state index contributed by atoms with van der Waals surface area (Å²) >= 11 is 6.08. The van der Waals surface area contributed by atoms with Crippen LogP contribution in [-0.4, -0.2) is 39.0 Å². The van der Waals surface area contributed by atoms with E-state index >= 15 is 0 Å². The van der Waals surface area contributed by atoms with E-state index in [-0.39, 0.29) is 12.4 Å². The fraction of sp³-hybridized carbons (Fsp3) is 0.261. The molecule has 6 nitrogen and oxygen atoms in total.